The zero-order valence-electron chi connectivity index (χ0n) is 8.85. The van der Waals surface area contributed by atoms with Crippen LogP contribution in [0.15, 0.2) is 41.9 Å². The third-order valence-corrected chi connectivity index (χ3v) is 2.77. The Morgan fingerprint density at radius 2 is 2.06 bits per heavy atom. The van der Waals surface area contributed by atoms with Crippen molar-refractivity contribution in [1.29, 1.82) is 0 Å². The van der Waals surface area contributed by atoms with Crippen molar-refractivity contribution in [3.05, 3.63) is 52.5 Å². The number of nitrogens with zero attached hydrogens (tertiary/aromatic N) is 1. The van der Waals surface area contributed by atoms with Crippen LogP contribution in [0.4, 0.5) is 8.63 Å². The standard InChI is InChI=1S/C11H9NOS.BF2/c13-10(11-5-3-7-14-11)8-9-4-1-2-6-12-9;2-1-3/h1-7H,8H2;. The zero-order valence-corrected chi connectivity index (χ0v) is 9.66. The number of halogens is 2. The Kier molecular flexibility index (Phi) is 6.10. The van der Waals surface area contributed by atoms with Crippen molar-refractivity contribution in [2.75, 3.05) is 0 Å². The first-order chi connectivity index (χ1) is 8.27. The summed E-state index contributed by atoms with van der Waals surface area (Å²) in [5.74, 6) is 0.138. The quantitative estimate of drug-likeness (QED) is 0.620. The van der Waals surface area contributed by atoms with Gasteiger partial charge in [0, 0.05) is 11.9 Å². The maximum atomic E-state index is 11.6. The molecule has 0 fully saturated rings. The van der Waals surface area contributed by atoms with Crippen molar-refractivity contribution in [3.8, 4) is 0 Å². The van der Waals surface area contributed by atoms with Gasteiger partial charge < -0.3 is 0 Å². The number of thiophene rings is 1. The highest BCUT2D eigenvalue weighted by molar-refractivity contribution is 7.12. The first kappa shape index (κ1) is 13.5. The Morgan fingerprint density at radius 1 is 1.29 bits per heavy atom. The molecule has 0 amide bonds. The lowest BCUT2D eigenvalue weighted by Crippen LogP contribution is -2.02. The fourth-order valence-electron chi connectivity index (χ4n) is 1.19. The Labute approximate surface area is 103 Å². The van der Waals surface area contributed by atoms with E-state index in [9.17, 15) is 13.4 Å². The number of rotatable bonds is 3. The van der Waals surface area contributed by atoms with Crippen LogP contribution in [0.2, 0.25) is 0 Å². The molecule has 17 heavy (non-hydrogen) atoms. The van der Waals surface area contributed by atoms with Crippen LogP contribution in [0.1, 0.15) is 15.4 Å². The highest BCUT2D eigenvalue weighted by Gasteiger charge is 2.07. The monoisotopic (exact) mass is 252 g/mol. The Hall–Kier alpha value is -1.56. The summed E-state index contributed by atoms with van der Waals surface area (Å²) in [6.45, 7) is 0. The Bertz CT molecular complexity index is 436. The van der Waals surface area contributed by atoms with Gasteiger partial charge in [-0.1, -0.05) is 12.1 Å². The Morgan fingerprint density at radius 3 is 2.59 bits per heavy atom. The summed E-state index contributed by atoms with van der Waals surface area (Å²) >= 11 is 1.47. The molecule has 0 aliphatic rings. The summed E-state index contributed by atoms with van der Waals surface area (Å²) in [4.78, 5) is 16.6. The van der Waals surface area contributed by atoms with E-state index in [2.05, 4.69) is 4.98 Å². The molecule has 2 aromatic rings. The van der Waals surface area contributed by atoms with E-state index >= 15 is 0 Å². The van der Waals surface area contributed by atoms with Crippen LogP contribution in [0, 0.1) is 0 Å². The molecule has 1 radical (unpaired) electrons. The molecular weight excluding hydrogens is 243 g/mol. The second-order valence-electron chi connectivity index (χ2n) is 2.98. The first-order valence-electron chi connectivity index (χ1n) is 4.76. The number of ketones is 1. The highest BCUT2D eigenvalue weighted by Crippen LogP contribution is 2.11. The number of hydrogen-bond donors (Lipinski definition) is 0. The number of carbonyl (C=O) groups is 1. The van der Waals surface area contributed by atoms with Crippen molar-refractivity contribution in [3.63, 3.8) is 0 Å². The van der Waals surface area contributed by atoms with Gasteiger partial charge in [0.15, 0.2) is 5.78 Å². The summed E-state index contributed by atoms with van der Waals surface area (Å²) in [5.41, 5.74) is 0.825. The molecule has 0 spiro atoms. The second-order valence-corrected chi connectivity index (χ2v) is 3.93. The smallest absolute Gasteiger partial charge is 0.293 e. The predicted molar refractivity (Wildman–Crippen MR) is 64.6 cm³/mol. The number of carbonyl (C=O) groups excluding carboxylic acids is 1. The third-order valence-electron chi connectivity index (χ3n) is 1.86. The molecule has 0 N–H and O–H groups in total. The molecule has 2 rings (SSSR count). The van der Waals surface area contributed by atoms with E-state index < -0.39 is 7.83 Å². The van der Waals surface area contributed by atoms with Gasteiger partial charge in [0.25, 0.3) is 0 Å². The lowest BCUT2D eigenvalue weighted by molar-refractivity contribution is 0.0996. The van der Waals surface area contributed by atoms with E-state index in [1.54, 1.807) is 6.20 Å². The molecule has 0 aliphatic carbocycles. The average molecular weight is 252 g/mol. The second kappa shape index (κ2) is 7.68. The lowest BCUT2D eigenvalue weighted by Gasteiger charge is -1.96. The van der Waals surface area contributed by atoms with Crippen LogP contribution in [-0.4, -0.2) is 18.6 Å². The van der Waals surface area contributed by atoms with Crippen LogP contribution in [0.5, 0.6) is 0 Å². The van der Waals surface area contributed by atoms with Crippen LogP contribution >= 0.6 is 11.3 Å². The van der Waals surface area contributed by atoms with Gasteiger partial charge in [-0.2, -0.15) is 0 Å². The molecule has 0 aromatic carbocycles. The third kappa shape index (κ3) is 4.86. The highest BCUT2D eigenvalue weighted by atomic mass is 32.1. The lowest BCUT2D eigenvalue weighted by atomic mass is 10.2. The van der Waals surface area contributed by atoms with Crippen LogP contribution in [0.25, 0.3) is 0 Å². The summed E-state index contributed by atoms with van der Waals surface area (Å²) in [7, 11) is -1.00. The number of pyridine rings is 1. The fraction of sp³-hybridized carbons (Fsp3) is 0.0909. The molecule has 2 heterocycles. The molecular formula is C11H9BF2NOS. The van der Waals surface area contributed by atoms with Gasteiger partial charge in [-0.25, -0.2) is 0 Å². The molecule has 0 atom stereocenters. The SMILES string of the molecule is F[B]F.O=C(Cc1ccccn1)c1cccs1. The van der Waals surface area contributed by atoms with Crippen molar-refractivity contribution >= 4 is 25.0 Å². The largest absolute Gasteiger partial charge is 0.577 e. The summed E-state index contributed by atoms with van der Waals surface area (Å²) in [6, 6.07) is 9.33. The van der Waals surface area contributed by atoms with Gasteiger partial charge in [-0.05, 0) is 23.6 Å². The molecule has 0 saturated heterocycles. The predicted octanol–water partition coefficient (Wildman–Crippen LogP) is 3.03. The van der Waals surface area contributed by atoms with E-state index in [0.717, 1.165) is 10.6 Å². The topological polar surface area (TPSA) is 30.0 Å². The molecule has 2 nitrogen and oxygen atoms in total. The normalized spacial score (nSPS) is 9.06. The first-order valence-corrected chi connectivity index (χ1v) is 5.64. The van der Waals surface area contributed by atoms with Gasteiger partial charge >= 0.3 is 7.83 Å². The minimum atomic E-state index is -1.00. The van der Waals surface area contributed by atoms with Crippen LogP contribution < -0.4 is 0 Å². The maximum absolute atomic E-state index is 11.6. The van der Waals surface area contributed by atoms with Crippen LogP contribution in [-0.2, 0) is 6.42 Å². The van der Waals surface area contributed by atoms with E-state index in [-0.39, 0.29) is 5.78 Å². The molecule has 6 heteroatoms. The average Bonchev–Trinajstić information content (AvgIpc) is 2.85. The van der Waals surface area contributed by atoms with E-state index in [4.69, 9.17) is 0 Å². The molecule has 2 aromatic heterocycles. The molecule has 0 unspecified atom stereocenters. The van der Waals surface area contributed by atoms with Gasteiger partial charge in [0.1, 0.15) is 0 Å². The molecule has 0 saturated carbocycles. The van der Waals surface area contributed by atoms with Gasteiger partial charge in [0.05, 0.1) is 11.3 Å². The van der Waals surface area contributed by atoms with Gasteiger partial charge in [-0.3, -0.25) is 18.4 Å². The van der Waals surface area contributed by atoms with Crippen molar-refractivity contribution in [2.24, 2.45) is 0 Å². The zero-order chi connectivity index (χ0) is 12.5. The van der Waals surface area contributed by atoms with E-state index in [1.807, 2.05) is 35.7 Å². The fourth-order valence-corrected chi connectivity index (χ4v) is 1.86. The van der Waals surface area contributed by atoms with E-state index in [1.165, 1.54) is 11.3 Å². The minimum Gasteiger partial charge on any atom is -0.293 e. The molecule has 0 aliphatic heterocycles. The van der Waals surface area contributed by atoms with Crippen LogP contribution in [0.3, 0.4) is 0 Å². The van der Waals surface area contributed by atoms with Crippen molar-refractivity contribution < 1.29 is 13.4 Å². The van der Waals surface area contributed by atoms with Gasteiger partial charge in [0.2, 0.25) is 0 Å². The Balaban J connectivity index is 0.000000437. The maximum Gasteiger partial charge on any atom is 0.577 e. The minimum absolute atomic E-state index is 0.138. The number of hydrogen-bond acceptors (Lipinski definition) is 3. The molecule has 87 valence electrons. The number of Topliss-reactive ketones (excluding diaryl/α,β-unsaturated/α-hetero) is 1. The summed E-state index contributed by atoms with van der Waals surface area (Å²) < 4.78 is 19.0. The number of aromatic nitrogens is 1. The summed E-state index contributed by atoms with van der Waals surface area (Å²) in [5, 5.41) is 1.91. The molecule has 0 bridgehead atoms. The van der Waals surface area contributed by atoms with Crippen molar-refractivity contribution in [1.82, 2.24) is 4.98 Å². The van der Waals surface area contributed by atoms with Crippen molar-refractivity contribution in [2.45, 2.75) is 6.42 Å². The van der Waals surface area contributed by atoms with Gasteiger partial charge in [-0.15, -0.1) is 11.3 Å². The van der Waals surface area contributed by atoms with E-state index in [0.29, 0.717) is 6.42 Å². The summed E-state index contributed by atoms with van der Waals surface area (Å²) in [6.07, 6.45) is 2.10.